The molecule has 0 amide bonds. The fourth-order valence-corrected chi connectivity index (χ4v) is 2.74. The van der Waals surface area contributed by atoms with Crippen molar-refractivity contribution in [3.63, 3.8) is 0 Å². The first-order valence-corrected chi connectivity index (χ1v) is 9.58. The number of aromatic hydroxyl groups is 2. The highest BCUT2D eigenvalue weighted by Gasteiger charge is 2.45. The van der Waals surface area contributed by atoms with Gasteiger partial charge in [-0.05, 0) is 23.8 Å². The van der Waals surface area contributed by atoms with E-state index < -0.39 is 62.0 Å². The fraction of sp³-hybridized carbons (Fsp3) is 0.500. The second-order valence-corrected chi connectivity index (χ2v) is 6.97. The van der Waals surface area contributed by atoms with Gasteiger partial charge in [0.15, 0.2) is 17.8 Å². The predicted molar refractivity (Wildman–Crippen MR) is 105 cm³/mol. The second-order valence-electron chi connectivity index (χ2n) is 6.97. The van der Waals surface area contributed by atoms with Crippen molar-refractivity contribution in [3.05, 3.63) is 29.8 Å². The Morgan fingerprint density at radius 3 is 2.38 bits per heavy atom. The molecule has 0 aliphatic carbocycles. The lowest BCUT2D eigenvalue weighted by atomic mass is 9.99. The van der Waals surface area contributed by atoms with Crippen LogP contribution >= 0.6 is 0 Å². The normalized spacial score (nSPS) is 26.6. The monoisotopic (exact) mass is 458 g/mol. The van der Waals surface area contributed by atoms with E-state index in [0.29, 0.717) is 5.56 Å². The highest BCUT2D eigenvalue weighted by Crippen LogP contribution is 2.25. The maximum absolute atomic E-state index is 12.0. The van der Waals surface area contributed by atoms with E-state index in [-0.39, 0.29) is 18.1 Å². The summed E-state index contributed by atoms with van der Waals surface area (Å²) in [5, 5.41) is 57.7. The van der Waals surface area contributed by atoms with Gasteiger partial charge in [0, 0.05) is 13.0 Å². The highest BCUT2D eigenvalue weighted by molar-refractivity contribution is 5.87. The largest absolute Gasteiger partial charge is 0.504 e. The quantitative estimate of drug-likeness (QED) is 0.141. The van der Waals surface area contributed by atoms with Gasteiger partial charge in [0.2, 0.25) is 0 Å². The number of aliphatic hydroxyl groups excluding tert-OH is 4. The molecule has 1 heterocycles. The Morgan fingerprint density at radius 1 is 1.06 bits per heavy atom. The highest BCUT2D eigenvalue weighted by atomic mass is 16.7. The minimum atomic E-state index is -1.69. The van der Waals surface area contributed by atoms with Crippen molar-refractivity contribution in [2.75, 3.05) is 19.8 Å². The molecule has 0 bridgehead atoms. The first kappa shape index (κ1) is 25.5. The average molecular weight is 458 g/mol. The van der Waals surface area contributed by atoms with Crippen molar-refractivity contribution < 1.29 is 59.2 Å². The van der Waals surface area contributed by atoms with Gasteiger partial charge in [0.05, 0.1) is 6.61 Å². The number of rotatable bonds is 9. The van der Waals surface area contributed by atoms with Gasteiger partial charge in [-0.1, -0.05) is 6.07 Å². The molecule has 2 rings (SSSR count). The summed E-state index contributed by atoms with van der Waals surface area (Å²) in [5.74, 6) is -2.15. The van der Waals surface area contributed by atoms with E-state index in [1.807, 2.05) is 0 Å². The molecule has 32 heavy (non-hydrogen) atoms. The lowest BCUT2D eigenvalue weighted by Gasteiger charge is -2.40. The smallest absolute Gasteiger partial charge is 0.330 e. The Morgan fingerprint density at radius 2 is 1.75 bits per heavy atom. The SMILES string of the molecule is CC(=O)OC[C@@H](COC(=O)/C=C/c1ccc(O)c(O)c1)O[C@H]1O[C@H](CO)[C@@H](O)[C@H](O)[C@H]1O. The number of carbonyl (C=O) groups is 2. The molecule has 1 fully saturated rings. The molecule has 1 aromatic rings. The molecule has 0 unspecified atom stereocenters. The van der Waals surface area contributed by atoms with E-state index >= 15 is 0 Å². The minimum absolute atomic E-state index is 0.316. The van der Waals surface area contributed by atoms with Crippen LogP contribution < -0.4 is 0 Å². The second kappa shape index (κ2) is 11.8. The molecule has 1 aliphatic rings. The van der Waals surface area contributed by atoms with Gasteiger partial charge in [0.25, 0.3) is 0 Å². The van der Waals surface area contributed by atoms with Crippen LogP contribution in [0.2, 0.25) is 0 Å². The van der Waals surface area contributed by atoms with Gasteiger partial charge in [-0.3, -0.25) is 4.79 Å². The molecule has 0 aromatic heterocycles. The lowest BCUT2D eigenvalue weighted by molar-refractivity contribution is -0.315. The third-order valence-electron chi connectivity index (χ3n) is 4.47. The fourth-order valence-electron chi connectivity index (χ4n) is 2.74. The first-order valence-electron chi connectivity index (χ1n) is 9.58. The molecule has 178 valence electrons. The molecule has 1 aromatic carbocycles. The van der Waals surface area contributed by atoms with E-state index in [9.17, 15) is 40.2 Å². The van der Waals surface area contributed by atoms with Gasteiger partial charge in [-0.2, -0.15) is 0 Å². The third-order valence-corrected chi connectivity index (χ3v) is 4.47. The summed E-state index contributed by atoms with van der Waals surface area (Å²) < 4.78 is 20.6. The molecule has 0 spiro atoms. The van der Waals surface area contributed by atoms with Gasteiger partial charge < -0.3 is 49.6 Å². The Hall–Kier alpha value is -2.74. The minimum Gasteiger partial charge on any atom is -0.504 e. The molecule has 0 radical (unpaired) electrons. The number of phenols is 2. The van der Waals surface area contributed by atoms with Crippen LogP contribution in [-0.2, 0) is 28.5 Å². The Bertz CT molecular complexity index is 808. The van der Waals surface area contributed by atoms with E-state index in [1.165, 1.54) is 24.3 Å². The first-order chi connectivity index (χ1) is 15.1. The number of hydrogen-bond donors (Lipinski definition) is 6. The van der Waals surface area contributed by atoms with Crippen LogP contribution in [-0.4, -0.2) is 99.2 Å². The standard InChI is InChI=1S/C20H26O12/c1-10(22)29-8-12(31-20-19(28)18(27)17(26)15(7-21)32-20)9-30-16(25)5-3-11-2-4-13(23)14(24)6-11/h2-6,12,15,17-21,23-24,26-28H,7-9H2,1H3/b5-3+/t12-,15+,17+,18-,19+,20-/m0/s1. The van der Waals surface area contributed by atoms with Crippen molar-refractivity contribution in [2.45, 2.75) is 43.7 Å². The van der Waals surface area contributed by atoms with Crippen LogP contribution in [0, 0.1) is 0 Å². The Balaban J connectivity index is 1.98. The molecular formula is C20H26O12. The molecule has 1 aliphatic heterocycles. The molecule has 12 nitrogen and oxygen atoms in total. The molecular weight excluding hydrogens is 432 g/mol. The molecule has 6 atom stereocenters. The number of hydrogen-bond acceptors (Lipinski definition) is 12. The van der Waals surface area contributed by atoms with Crippen molar-refractivity contribution in [2.24, 2.45) is 0 Å². The topological polar surface area (TPSA) is 192 Å². The van der Waals surface area contributed by atoms with Crippen molar-refractivity contribution in [1.82, 2.24) is 0 Å². The number of ether oxygens (including phenoxy) is 4. The molecule has 0 saturated carbocycles. The number of benzene rings is 1. The summed E-state index contributed by atoms with van der Waals surface area (Å²) in [6, 6.07) is 3.92. The van der Waals surface area contributed by atoms with Crippen LogP contribution in [0.25, 0.3) is 6.08 Å². The zero-order chi connectivity index (χ0) is 23.8. The van der Waals surface area contributed by atoms with Gasteiger partial charge in [-0.15, -0.1) is 0 Å². The average Bonchev–Trinajstić information content (AvgIpc) is 2.76. The summed E-state index contributed by atoms with van der Waals surface area (Å²) in [6.07, 6.45) is -6.42. The van der Waals surface area contributed by atoms with Gasteiger partial charge >= 0.3 is 11.9 Å². The Kier molecular flexibility index (Phi) is 9.38. The number of phenolic OH excluding ortho intramolecular Hbond substituents is 2. The van der Waals surface area contributed by atoms with Crippen molar-refractivity contribution >= 4 is 18.0 Å². The van der Waals surface area contributed by atoms with Crippen LogP contribution in [0.3, 0.4) is 0 Å². The number of esters is 2. The van der Waals surface area contributed by atoms with E-state index in [0.717, 1.165) is 13.0 Å². The van der Waals surface area contributed by atoms with Crippen LogP contribution in [0.15, 0.2) is 24.3 Å². The summed E-state index contributed by atoms with van der Waals surface area (Å²) in [4.78, 5) is 23.1. The summed E-state index contributed by atoms with van der Waals surface area (Å²) in [5.41, 5.74) is 0.409. The summed E-state index contributed by atoms with van der Waals surface area (Å²) in [7, 11) is 0. The summed E-state index contributed by atoms with van der Waals surface area (Å²) >= 11 is 0. The van der Waals surface area contributed by atoms with Crippen molar-refractivity contribution in [1.29, 1.82) is 0 Å². The van der Waals surface area contributed by atoms with Crippen LogP contribution in [0.5, 0.6) is 11.5 Å². The third kappa shape index (κ3) is 7.15. The van der Waals surface area contributed by atoms with Gasteiger partial charge in [0.1, 0.15) is 43.7 Å². The zero-order valence-corrected chi connectivity index (χ0v) is 17.1. The maximum atomic E-state index is 12.0. The Labute approximate surface area is 182 Å². The van der Waals surface area contributed by atoms with E-state index in [1.54, 1.807) is 0 Å². The number of carbonyl (C=O) groups excluding carboxylic acids is 2. The number of aliphatic hydroxyl groups is 4. The molecule has 12 heteroatoms. The van der Waals surface area contributed by atoms with E-state index in [2.05, 4.69) is 0 Å². The predicted octanol–water partition coefficient (Wildman–Crippen LogP) is -1.60. The van der Waals surface area contributed by atoms with Crippen LogP contribution in [0.1, 0.15) is 12.5 Å². The maximum Gasteiger partial charge on any atom is 0.330 e. The zero-order valence-electron chi connectivity index (χ0n) is 17.1. The van der Waals surface area contributed by atoms with E-state index in [4.69, 9.17) is 18.9 Å². The van der Waals surface area contributed by atoms with Crippen molar-refractivity contribution in [3.8, 4) is 11.5 Å². The summed E-state index contributed by atoms with van der Waals surface area (Å²) in [6.45, 7) is -0.335. The lowest BCUT2D eigenvalue weighted by Crippen LogP contribution is -2.60. The molecule has 1 saturated heterocycles. The molecule has 6 N–H and O–H groups in total. The van der Waals surface area contributed by atoms with Crippen LogP contribution in [0.4, 0.5) is 0 Å². The van der Waals surface area contributed by atoms with Gasteiger partial charge in [-0.25, -0.2) is 4.79 Å².